The molecule has 21 heavy (non-hydrogen) atoms. The molecule has 0 spiro atoms. The van der Waals surface area contributed by atoms with Gasteiger partial charge in [0, 0.05) is 6.20 Å². The second-order valence-corrected chi connectivity index (χ2v) is 6.36. The van der Waals surface area contributed by atoms with Crippen LogP contribution in [0.3, 0.4) is 0 Å². The van der Waals surface area contributed by atoms with Crippen LogP contribution in [-0.2, 0) is 4.74 Å². The summed E-state index contributed by atoms with van der Waals surface area (Å²) in [6.07, 6.45) is 1.52. The SMILES string of the molecule is CCOc1ncccc1C(=O)OCC(=O)c1ccc(Br)s1. The summed E-state index contributed by atoms with van der Waals surface area (Å²) in [7, 11) is 0. The fourth-order valence-corrected chi connectivity index (χ4v) is 2.85. The summed E-state index contributed by atoms with van der Waals surface area (Å²) in [6.45, 7) is 1.87. The number of ether oxygens (including phenoxy) is 2. The van der Waals surface area contributed by atoms with Crippen molar-refractivity contribution in [3.05, 3.63) is 44.7 Å². The predicted octanol–water partition coefficient (Wildman–Crippen LogP) is 3.34. The van der Waals surface area contributed by atoms with Gasteiger partial charge in [0.1, 0.15) is 5.56 Å². The molecule has 2 rings (SSSR count). The molecule has 0 N–H and O–H groups in total. The summed E-state index contributed by atoms with van der Waals surface area (Å²) < 4.78 is 11.1. The van der Waals surface area contributed by atoms with Gasteiger partial charge in [-0.2, -0.15) is 0 Å². The van der Waals surface area contributed by atoms with Gasteiger partial charge in [0.25, 0.3) is 0 Å². The Morgan fingerprint density at radius 1 is 1.33 bits per heavy atom. The van der Waals surface area contributed by atoms with Crippen LogP contribution in [0.1, 0.15) is 27.0 Å². The van der Waals surface area contributed by atoms with Gasteiger partial charge in [-0.3, -0.25) is 4.79 Å². The van der Waals surface area contributed by atoms with Crippen LogP contribution in [0, 0.1) is 0 Å². The molecule has 0 aliphatic carbocycles. The fourth-order valence-electron chi connectivity index (χ4n) is 1.54. The lowest BCUT2D eigenvalue weighted by Gasteiger charge is -2.08. The summed E-state index contributed by atoms with van der Waals surface area (Å²) >= 11 is 4.57. The highest BCUT2D eigenvalue weighted by molar-refractivity contribution is 9.11. The number of nitrogens with zero attached hydrogens (tertiary/aromatic N) is 1. The van der Waals surface area contributed by atoms with E-state index in [4.69, 9.17) is 9.47 Å². The average molecular weight is 370 g/mol. The Labute approximate surface area is 134 Å². The van der Waals surface area contributed by atoms with Crippen LogP contribution < -0.4 is 4.74 Å². The molecule has 0 aromatic carbocycles. The second kappa shape index (κ2) is 7.33. The Bertz CT molecular complexity index is 656. The van der Waals surface area contributed by atoms with Crippen LogP contribution >= 0.6 is 27.3 Å². The normalized spacial score (nSPS) is 10.2. The largest absolute Gasteiger partial charge is 0.477 e. The van der Waals surface area contributed by atoms with E-state index in [1.807, 2.05) is 0 Å². The standard InChI is InChI=1S/C14H12BrNO4S/c1-2-19-13-9(4-3-7-16-13)14(18)20-8-10(17)11-5-6-12(15)21-11/h3-7H,2,8H2,1H3. The maximum absolute atomic E-state index is 12.0. The molecule has 0 saturated carbocycles. The Morgan fingerprint density at radius 2 is 2.14 bits per heavy atom. The Kier molecular flexibility index (Phi) is 5.46. The van der Waals surface area contributed by atoms with E-state index in [9.17, 15) is 9.59 Å². The highest BCUT2D eigenvalue weighted by Gasteiger charge is 2.17. The average Bonchev–Trinajstić information content (AvgIpc) is 2.92. The summed E-state index contributed by atoms with van der Waals surface area (Å²) in [5.74, 6) is -0.673. The summed E-state index contributed by atoms with van der Waals surface area (Å²) in [5, 5.41) is 0. The monoisotopic (exact) mass is 369 g/mol. The van der Waals surface area contributed by atoms with Crippen LogP contribution in [0.2, 0.25) is 0 Å². The predicted molar refractivity (Wildman–Crippen MR) is 82.0 cm³/mol. The number of esters is 1. The van der Waals surface area contributed by atoms with E-state index >= 15 is 0 Å². The van der Waals surface area contributed by atoms with Crippen molar-refractivity contribution in [2.45, 2.75) is 6.92 Å². The van der Waals surface area contributed by atoms with Crippen LogP contribution in [0.5, 0.6) is 5.88 Å². The van der Waals surface area contributed by atoms with E-state index < -0.39 is 5.97 Å². The van der Waals surface area contributed by atoms with Crippen molar-refractivity contribution in [1.82, 2.24) is 4.98 Å². The lowest BCUT2D eigenvalue weighted by atomic mass is 10.2. The maximum atomic E-state index is 12.0. The number of Topliss-reactive ketones (excluding diaryl/α,β-unsaturated/α-hetero) is 1. The second-order valence-electron chi connectivity index (χ2n) is 3.89. The van der Waals surface area contributed by atoms with Crippen LogP contribution in [0.4, 0.5) is 0 Å². The zero-order chi connectivity index (χ0) is 15.2. The van der Waals surface area contributed by atoms with Gasteiger partial charge in [0.05, 0.1) is 15.3 Å². The van der Waals surface area contributed by atoms with Gasteiger partial charge < -0.3 is 9.47 Å². The molecule has 110 valence electrons. The van der Waals surface area contributed by atoms with Gasteiger partial charge in [0.15, 0.2) is 6.61 Å². The number of hydrogen-bond acceptors (Lipinski definition) is 6. The zero-order valence-corrected chi connectivity index (χ0v) is 13.6. The molecule has 0 amide bonds. The van der Waals surface area contributed by atoms with Crippen LogP contribution in [0.25, 0.3) is 0 Å². The quantitative estimate of drug-likeness (QED) is 0.576. The molecule has 0 aliphatic rings. The number of ketones is 1. The summed E-state index contributed by atoms with van der Waals surface area (Å²) in [4.78, 5) is 28.4. The van der Waals surface area contributed by atoms with Crippen molar-refractivity contribution in [2.24, 2.45) is 0 Å². The number of thiophene rings is 1. The van der Waals surface area contributed by atoms with Crippen molar-refractivity contribution in [2.75, 3.05) is 13.2 Å². The van der Waals surface area contributed by atoms with E-state index in [0.717, 1.165) is 3.79 Å². The number of pyridine rings is 1. The molecule has 0 unspecified atom stereocenters. The molecule has 5 nitrogen and oxygen atoms in total. The Hall–Kier alpha value is -1.73. The summed E-state index contributed by atoms with van der Waals surface area (Å²) in [5.41, 5.74) is 0.208. The van der Waals surface area contributed by atoms with Crippen molar-refractivity contribution in [3.63, 3.8) is 0 Å². The topological polar surface area (TPSA) is 65.5 Å². The van der Waals surface area contributed by atoms with Gasteiger partial charge in [0.2, 0.25) is 11.7 Å². The molecule has 0 radical (unpaired) electrons. The van der Waals surface area contributed by atoms with Crippen molar-refractivity contribution in [3.8, 4) is 5.88 Å². The van der Waals surface area contributed by atoms with Crippen molar-refractivity contribution in [1.29, 1.82) is 0 Å². The highest BCUT2D eigenvalue weighted by Crippen LogP contribution is 2.22. The Balaban J connectivity index is 2.00. The lowest BCUT2D eigenvalue weighted by molar-refractivity contribution is 0.0471. The molecule has 0 atom stereocenters. The van der Waals surface area contributed by atoms with E-state index in [-0.39, 0.29) is 23.8 Å². The minimum Gasteiger partial charge on any atom is -0.477 e. The molecule has 0 saturated heterocycles. The first-order chi connectivity index (χ1) is 10.1. The highest BCUT2D eigenvalue weighted by atomic mass is 79.9. The smallest absolute Gasteiger partial charge is 0.344 e. The zero-order valence-electron chi connectivity index (χ0n) is 11.2. The molecular formula is C14H12BrNO4S. The van der Waals surface area contributed by atoms with Gasteiger partial charge in [-0.1, -0.05) is 0 Å². The fraction of sp³-hybridized carbons (Fsp3) is 0.214. The number of rotatable bonds is 6. The molecule has 0 bridgehead atoms. The number of halogens is 1. The van der Waals surface area contributed by atoms with E-state index in [1.165, 1.54) is 17.5 Å². The summed E-state index contributed by atoms with van der Waals surface area (Å²) in [6, 6.07) is 6.61. The van der Waals surface area contributed by atoms with Gasteiger partial charge in [-0.05, 0) is 47.1 Å². The minimum atomic E-state index is -0.629. The third-order valence-electron chi connectivity index (χ3n) is 2.45. The third kappa shape index (κ3) is 4.12. The van der Waals surface area contributed by atoms with E-state index in [2.05, 4.69) is 20.9 Å². The van der Waals surface area contributed by atoms with Crippen molar-refractivity contribution >= 4 is 39.0 Å². The lowest BCUT2D eigenvalue weighted by Crippen LogP contribution is -2.14. The molecule has 7 heteroatoms. The molecule has 2 aromatic heterocycles. The van der Waals surface area contributed by atoms with Gasteiger partial charge in [-0.25, -0.2) is 9.78 Å². The van der Waals surface area contributed by atoms with E-state index in [1.54, 1.807) is 31.2 Å². The first-order valence-electron chi connectivity index (χ1n) is 6.15. The van der Waals surface area contributed by atoms with Crippen molar-refractivity contribution < 1.29 is 19.1 Å². The van der Waals surface area contributed by atoms with Crippen LogP contribution in [0.15, 0.2) is 34.2 Å². The molecule has 2 aromatic rings. The maximum Gasteiger partial charge on any atom is 0.344 e. The molecule has 0 fully saturated rings. The van der Waals surface area contributed by atoms with Gasteiger partial charge >= 0.3 is 5.97 Å². The first kappa shape index (κ1) is 15.7. The first-order valence-corrected chi connectivity index (χ1v) is 7.76. The number of carbonyl (C=O) groups excluding carboxylic acids is 2. The third-order valence-corrected chi connectivity index (χ3v) is 4.12. The van der Waals surface area contributed by atoms with Crippen LogP contribution in [-0.4, -0.2) is 30.0 Å². The minimum absolute atomic E-state index is 0.205. The number of aromatic nitrogens is 1. The number of hydrogen-bond donors (Lipinski definition) is 0. The molecular weight excluding hydrogens is 358 g/mol. The molecule has 0 aliphatic heterocycles. The van der Waals surface area contributed by atoms with E-state index in [0.29, 0.717) is 11.5 Å². The number of carbonyl (C=O) groups is 2. The van der Waals surface area contributed by atoms with Gasteiger partial charge in [-0.15, -0.1) is 11.3 Å². The molecule has 2 heterocycles. The Morgan fingerprint density at radius 3 is 2.81 bits per heavy atom.